The number of para-hydroxylation sites is 1. The number of aryl methyl sites for hydroxylation is 1. The molecule has 4 aromatic rings. The Bertz CT molecular complexity index is 1200. The lowest BCUT2D eigenvalue weighted by atomic mass is 10.0. The summed E-state index contributed by atoms with van der Waals surface area (Å²) in [6.07, 6.45) is 2.92. The second-order valence-electron chi connectivity index (χ2n) is 7.65. The number of H-pyrrole nitrogens is 1. The number of aromatic nitrogens is 3. The number of imidazole rings is 1. The first-order chi connectivity index (χ1) is 12.9. The largest absolute Gasteiger partial charge is 0.364 e. The van der Waals surface area contributed by atoms with Crippen LogP contribution in [-0.4, -0.2) is 19.9 Å². The van der Waals surface area contributed by atoms with Crippen LogP contribution in [0.2, 0.25) is 0 Å². The van der Waals surface area contributed by atoms with Crippen molar-refractivity contribution in [1.29, 1.82) is 0 Å². The van der Waals surface area contributed by atoms with Crippen LogP contribution in [0.5, 0.6) is 0 Å². The number of nitrogens with zero attached hydrogens (tertiary/aromatic N) is 2. The van der Waals surface area contributed by atoms with E-state index < -0.39 is 0 Å². The molecule has 0 fully saturated rings. The van der Waals surface area contributed by atoms with E-state index in [2.05, 4.69) is 31.1 Å². The Labute approximate surface area is 158 Å². The number of benzene rings is 1. The molecule has 0 spiro atoms. The van der Waals surface area contributed by atoms with Gasteiger partial charge in [-0.15, -0.1) is 0 Å². The van der Waals surface area contributed by atoms with Gasteiger partial charge in [-0.05, 0) is 56.3 Å². The van der Waals surface area contributed by atoms with E-state index in [1.165, 1.54) is 0 Å². The number of aromatic amines is 1. The molecule has 2 N–H and O–H groups in total. The Hall–Kier alpha value is -3.08. The molecule has 138 valence electrons. The van der Waals surface area contributed by atoms with Crippen molar-refractivity contribution >= 4 is 22.4 Å². The summed E-state index contributed by atoms with van der Waals surface area (Å²) >= 11 is 0. The molecule has 3 aromatic heterocycles. The maximum absolute atomic E-state index is 12.9. The normalized spacial score (nSPS) is 12.0. The summed E-state index contributed by atoms with van der Waals surface area (Å²) in [5.41, 5.74) is 3.73. The van der Waals surface area contributed by atoms with E-state index in [4.69, 9.17) is 4.98 Å². The third-order valence-corrected chi connectivity index (χ3v) is 5.21. The SMILES string of the molecule is CCC(C)(C)Nc1c(-c2cc3cccc(C)c3[nH]c2=O)nc2ccccn12. The van der Waals surface area contributed by atoms with Crippen molar-refractivity contribution < 1.29 is 0 Å². The Morgan fingerprint density at radius 2 is 2.00 bits per heavy atom. The third kappa shape index (κ3) is 2.99. The highest BCUT2D eigenvalue weighted by Gasteiger charge is 2.23. The number of nitrogens with one attached hydrogen (secondary N) is 2. The van der Waals surface area contributed by atoms with Gasteiger partial charge in [0.15, 0.2) is 0 Å². The Morgan fingerprint density at radius 1 is 1.19 bits per heavy atom. The molecule has 0 unspecified atom stereocenters. The molecule has 1 aromatic carbocycles. The summed E-state index contributed by atoms with van der Waals surface area (Å²) in [5, 5.41) is 4.59. The van der Waals surface area contributed by atoms with Gasteiger partial charge in [-0.1, -0.05) is 31.2 Å². The number of anilines is 1. The number of hydrogen-bond donors (Lipinski definition) is 2. The third-order valence-electron chi connectivity index (χ3n) is 5.21. The van der Waals surface area contributed by atoms with Crippen LogP contribution in [0.4, 0.5) is 5.82 Å². The highest BCUT2D eigenvalue weighted by molar-refractivity contribution is 5.87. The first-order valence-electron chi connectivity index (χ1n) is 9.28. The smallest absolute Gasteiger partial charge is 0.258 e. The van der Waals surface area contributed by atoms with E-state index in [1.54, 1.807) is 0 Å². The van der Waals surface area contributed by atoms with Gasteiger partial charge in [0.1, 0.15) is 17.2 Å². The molecule has 0 saturated carbocycles. The zero-order chi connectivity index (χ0) is 19.2. The van der Waals surface area contributed by atoms with Crippen molar-refractivity contribution in [2.75, 3.05) is 5.32 Å². The summed E-state index contributed by atoms with van der Waals surface area (Å²) in [5.74, 6) is 0.843. The molecule has 5 heteroatoms. The van der Waals surface area contributed by atoms with E-state index in [1.807, 2.05) is 60.0 Å². The minimum atomic E-state index is -0.127. The highest BCUT2D eigenvalue weighted by atomic mass is 16.1. The van der Waals surface area contributed by atoms with Crippen molar-refractivity contribution in [3.05, 3.63) is 64.6 Å². The lowest BCUT2D eigenvalue weighted by Gasteiger charge is -2.26. The van der Waals surface area contributed by atoms with E-state index >= 15 is 0 Å². The molecule has 3 heterocycles. The van der Waals surface area contributed by atoms with Crippen molar-refractivity contribution in [3.8, 4) is 11.3 Å². The predicted octanol–water partition coefficient (Wildman–Crippen LogP) is 4.75. The summed E-state index contributed by atoms with van der Waals surface area (Å²) in [7, 11) is 0. The molecule has 0 aliphatic heterocycles. The molecule has 0 amide bonds. The summed E-state index contributed by atoms with van der Waals surface area (Å²) in [4.78, 5) is 20.7. The standard InChI is InChI=1S/C22H24N4O/c1-5-22(3,4)25-20-19(23-17-11-6-7-12-26(17)20)16-13-15-10-8-9-14(2)18(15)24-21(16)27/h6-13,25H,5H2,1-4H3,(H,24,27). The topological polar surface area (TPSA) is 62.2 Å². The highest BCUT2D eigenvalue weighted by Crippen LogP contribution is 2.31. The Kier molecular flexibility index (Phi) is 4.02. The second-order valence-corrected chi connectivity index (χ2v) is 7.65. The first-order valence-corrected chi connectivity index (χ1v) is 9.28. The van der Waals surface area contributed by atoms with Crippen LogP contribution in [0.15, 0.2) is 53.5 Å². The van der Waals surface area contributed by atoms with Crippen molar-refractivity contribution in [2.45, 2.75) is 39.7 Å². The zero-order valence-electron chi connectivity index (χ0n) is 16.1. The minimum absolute atomic E-state index is 0.124. The van der Waals surface area contributed by atoms with Crippen LogP contribution < -0.4 is 10.9 Å². The fourth-order valence-electron chi connectivity index (χ4n) is 3.27. The molecule has 0 bridgehead atoms. The minimum Gasteiger partial charge on any atom is -0.364 e. The zero-order valence-corrected chi connectivity index (χ0v) is 16.1. The van der Waals surface area contributed by atoms with Crippen LogP contribution in [0.25, 0.3) is 27.8 Å². The summed E-state index contributed by atoms with van der Waals surface area (Å²) in [6, 6.07) is 13.8. The number of hydrogen-bond acceptors (Lipinski definition) is 3. The Balaban J connectivity index is 2.00. The van der Waals surface area contributed by atoms with Gasteiger partial charge in [0, 0.05) is 11.7 Å². The first kappa shape index (κ1) is 17.3. The van der Waals surface area contributed by atoms with Gasteiger partial charge >= 0.3 is 0 Å². The molecular weight excluding hydrogens is 336 g/mol. The lowest BCUT2D eigenvalue weighted by Crippen LogP contribution is -2.30. The molecule has 0 saturated heterocycles. The molecule has 0 aliphatic carbocycles. The monoisotopic (exact) mass is 360 g/mol. The van der Waals surface area contributed by atoms with E-state index in [-0.39, 0.29) is 11.1 Å². The van der Waals surface area contributed by atoms with E-state index in [9.17, 15) is 4.79 Å². The maximum atomic E-state index is 12.9. The fourth-order valence-corrected chi connectivity index (χ4v) is 3.27. The second kappa shape index (κ2) is 6.27. The molecule has 0 radical (unpaired) electrons. The van der Waals surface area contributed by atoms with Crippen LogP contribution in [0.1, 0.15) is 32.8 Å². The van der Waals surface area contributed by atoms with Gasteiger partial charge in [-0.3, -0.25) is 9.20 Å². The molecular formula is C22H24N4O. The van der Waals surface area contributed by atoms with Gasteiger partial charge < -0.3 is 10.3 Å². The average Bonchev–Trinajstić information content (AvgIpc) is 3.00. The van der Waals surface area contributed by atoms with Gasteiger partial charge in [0.05, 0.1) is 11.1 Å². The fraction of sp³-hybridized carbons (Fsp3) is 0.273. The van der Waals surface area contributed by atoms with Gasteiger partial charge in [-0.25, -0.2) is 4.98 Å². The number of rotatable bonds is 4. The molecule has 0 aliphatic rings. The predicted molar refractivity (Wildman–Crippen MR) is 111 cm³/mol. The van der Waals surface area contributed by atoms with Gasteiger partial charge in [-0.2, -0.15) is 0 Å². The summed E-state index contributed by atoms with van der Waals surface area (Å²) in [6.45, 7) is 8.43. The van der Waals surface area contributed by atoms with Crippen LogP contribution in [0, 0.1) is 6.92 Å². The van der Waals surface area contributed by atoms with Crippen molar-refractivity contribution in [3.63, 3.8) is 0 Å². The van der Waals surface area contributed by atoms with Crippen molar-refractivity contribution in [2.24, 2.45) is 0 Å². The maximum Gasteiger partial charge on any atom is 0.258 e. The molecule has 4 rings (SSSR count). The van der Waals surface area contributed by atoms with Crippen LogP contribution in [-0.2, 0) is 0 Å². The van der Waals surface area contributed by atoms with E-state index in [0.29, 0.717) is 11.3 Å². The van der Waals surface area contributed by atoms with Crippen LogP contribution in [0.3, 0.4) is 0 Å². The number of pyridine rings is 2. The molecule has 27 heavy (non-hydrogen) atoms. The van der Waals surface area contributed by atoms with E-state index in [0.717, 1.165) is 34.4 Å². The van der Waals surface area contributed by atoms with Gasteiger partial charge in [0.25, 0.3) is 5.56 Å². The molecule has 0 atom stereocenters. The molecule has 5 nitrogen and oxygen atoms in total. The average molecular weight is 360 g/mol. The lowest BCUT2D eigenvalue weighted by molar-refractivity contribution is 0.544. The van der Waals surface area contributed by atoms with Crippen LogP contribution >= 0.6 is 0 Å². The van der Waals surface area contributed by atoms with Gasteiger partial charge in [0.2, 0.25) is 0 Å². The Morgan fingerprint density at radius 3 is 2.78 bits per heavy atom. The quantitative estimate of drug-likeness (QED) is 0.552. The van der Waals surface area contributed by atoms with Crippen molar-refractivity contribution in [1.82, 2.24) is 14.4 Å². The number of fused-ring (bicyclic) bond motifs is 2. The summed E-state index contributed by atoms with van der Waals surface area (Å²) < 4.78 is 2.01.